The van der Waals surface area contributed by atoms with Crippen LogP contribution in [0.25, 0.3) is 11.1 Å². The van der Waals surface area contributed by atoms with E-state index in [1.807, 2.05) is 12.1 Å². The summed E-state index contributed by atoms with van der Waals surface area (Å²) in [6, 6.07) is 6.04. The molecule has 98 valence electrons. The van der Waals surface area contributed by atoms with Crippen molar-refractivity contribution in [2.75, 3.05) is 25.0 Å². The molecule has 0 bridgehead atoms. The maximum atomic E-state index is 5.89. The first-order chi connectivity index (χ1) is 8.31. The van der Waals surface area contributed by atoms with Crippen LogP contribution in [-0.2, 0) is 0 Å². The third kappa shape index (κ3) is 2.88. The molecule has 1 aromatic carbocycles. The van der Waals surface area contributed by atoms with Crippen molar-refractivity contribution in [3.05, 3.63) is 23.2 Å². The van der Waals surface area contributed by atoms with Gasteiger partial charge in [-0.3, -0.25) is 0 Å². The smallest absolute Gasteiger partial charge is 0.295 e. The number of oxazole rings is 1. The van der Waals surface area contributed by atoms with Crippen LogP contribution in [0.1, 0.15) is 6.42 Å². The van der Waals surface area contributed by atoms with Gasteiger partial charge in [0.05, 0.1) is 0 Å². The fraction of sp³-hybridized carbons (Fsp3) is 0.417. The molecule has 1 aliphatic rings. The lowest BCUT2D eigenvalue weighted by Crippen LogP contribution is -2.17. The Labute approximate surface area is 117 Å². The molecule has 1 unspecified atom stereocenters. The molecule has 2 aromatic rings. The molecule has 0 radical (unpaired) electrons. The Morgan fingerprint density at radius 1 is 1.50 bits per heavy atom. The zero-order valence-corrected chi connectivity index (χ0v) is 11.4. The average Bonchev–Trinajstić information content (AvgIpc) is 2.94. The van der Waals surface area contributed by atoms with Crippen molar-refractivity contribution >= 4 is 41.1 Å². The fourth-order valence-electron chi connectivity index (χ4n) is 2.09. The molecule has 0 aliphatic carbocycles. The number of hydrogen-bond acceptors (Lipinski definition) is 4. The van der Waals surface area contributed by atoms with E-state index in [-0.39, 0.29) is 12.4 Å². The van der Waals surface area contributed by atoms with Gasteiger partial charge in [0.1, 0.15) is 5.52 Å². The number of halogens is 2. The fourth-order valence-corrected chi connectivity index (χ4v) is 2.26. The molecule has 2 N–H and O–H groups in total. The highest BCUT2D eigenvalue weighted by atomic mass is 35.5. The van der Waals surface area contributed by atoms with Crippen molar-refractivity contribution < 1.29 is 4.42 Å². The van der Waals surface area contributed by atoms with Crippen molar-refractivity contribution in [3.8, 4) is 0 Å². The summed E-state index contributed by atoms with van der Waals surface area (Å²) in [6.45, 7) is 3.07. The lowest BCUT2D eigenvalue weighted by Gasteiger charge is -2.07. The molecule has 0 amide bonds. The largest absolute Gasteiger partial charge is 0.424 e. The van der Waals surface area contributed by atoms with Crippen LogP contribution in [0, 0.1) is 5.92 Å². The van der Waals surface area contributed by atoms with Gasteiger partial charge in [0.2, 0.25) is 0 Å². The Morgan fingerprint density at radius 2 is 2.39 bits per heavy atom. The number of aromatic nitrogens is 1. The predicted molar refractivity (Wildman–Crippen MR) is 75.7 cm³/mol. The Kier molecular flexibility index (Phi) is 4.32. The Balaban J connectivity index is 0.00000120. The van der Waals surface area contributed by atoms with E-state index in [1.54, 1.807) is 6.07 Å². The molecule has 0 spiro atoms. The highest BCUT2D eigenvalue weighted by Crippen LogP contribution is 2.22. The lowest BCUT2D eigenvalue weighted by atomic mass is 10.1. The Bertz CT molecular complexity index is 523. The van der Waals surface area contributed by atoms with Crippen LogP contribution in [0.5, 0.6) is 0 Å². The molecule has 1 aliphatic heterocycles. The molecule has 6 heteroatoms. The molecule has 0 saturated carbocycles. The van der Waals surface area contributed by atoms with Crippen molar-refractivity contribution in [1.82, 2.24) is 10.3 Å². The first-order valence-electron chi connectivity index (χ1n) is 5.82. The molecule has 1 fully saturated rings. The number of fused-ring (bicyclic) bond motifs is 1. The van der Waals surface area contributed by atoms with Crippen LogP contribution in [0.4, 0.5) is 6.01 Å². The number of nitrogens with zero attached hydrogens (tertiary/aromatic N) is 1. The predicted octanol–water partition coefficient (Wildman–Crippen LogP) is 2.92. The molecule has 3 rings (SSSR count). The van der Waals surface area contributed by atoms with Crippen LogP contribution < -0.4 is 10.6 Å². The summed E-state index contributed by atoms with van der Waals surface area (Å²) in [6.07, 6.45) is 1.21. The first kappa shape index (κ1) is 13.5. The van der Waals surface area contributed by atoms with Gasteiger partial charge in [-0.2, -0.15) is 4.98 Å². The number of rotatable bonds is 3. The zero-order valence-electron chi connectivity index (χ0n) is 9.78. The van der Waals surface area contributed by atoms with Crippen LogP contribution in [-0.4, -0.2) is 24.6 Å². The van der Waals surface area contributed by atoms with Crippen molar-refractivity contribution in [3.63, 3.8) is 0 Å². The van der Waals surface area contributed by atoms with E-state index in [1.165, 1.54) is 6.42 Å². The van der Waals surface area contributed by atoms with Gasteiger partial charge in [-0.15, -0.1) is 12.4 Å². The van der Waals surface area contributed by atoms with Crippen LogP contribution in [0.3, 0.4) is 0 Å². The minimum absolute atomic E-state index is 0. The third-order valence-electron chi connectivity index (χ3n) is 3.05. The number of anilines is 1. The number of nitrogens with one attached hydrogen (secondary N) is 2. The Morgan fingerprint density at radius 3 is 3.17 bits per heavy atom. The molecule has 2 heterocycles. The van der Waals surface area contributed by atoms with Crippen LogP contribution in [0.2, 0.25) is 5.02 Å². The normalized spacial score (nSPS) is 18.8. The summed E-state index contributed by atoms with van der Waals surface area (Å²) in [7, 11) is 0. The van der Waals surface area contributed by atoms with Gasteiger partial charge in [-0.1, -0.05) is 11.6 Å². The second-order valence-electron chi connectivity index (χ2n) is 4.37. The maximum absolute atomic E-state index is 5.89. The standard InChI is InChI=1S/C12H14ClN3O.ClH/c13-9-1-2-10-11(5-9)17-12(16-10)15-7-8-3-4-14-6-8;/h1-2,5,8,14H,3-4,6-7H2,(H,15,16);1H. The molecular formula is C12H15Cl2N3O. The molecular weight excluding hydrogens is 273 g/mol. The van der Waals surface area contributed by atoms with Gasteiger partial charge < -0.3 is 15.1 Å². The summed E-state index contributed by atoms with van der Waals surface area (Å²) in [5.74, 6) is 0.661. The summed E-state index contributed by atoms with van der Waals surface area (Å²) >= 11 is 5.89. The molecule has 18 heavy (non-hydrogen) atoms. The average molecular weight is 288 g/mol. The topological polar surface area (TPSA) is 50.1 Å². The highest BCUT2D eigenvalue weighted by Gasteiger charge is 2.15. The highest BCUT2D eigenvalue weighted by molar-refractivity contribution is 6.31. The van der Waals surface area contributed by atoms with Crippen LogP contribution in [0.15, 0.2) is 22.6 Å². The number of hydrogen-bond donors (Lipinski definition) is 2. The molecule has 1 atom stereocenters. The van der Waals surface area contributed by atoms with Gasteiger partial charge in [-0.25, -0.2) is 0 Å². The molecule has 1 saturated heterocycles. The SMILES string of the molecule is Cl.Clc1ccc2nc(NCC3CCNC3)oc2c1. The van der Waals surface area contributed by atoms with Crippen LogP contribution >= 0.6 is 24.0 Å². The van der Waals surface area contributed by atoms with E-state index in [2.05, 4.69) is 15.6 Å². The van der Waals surface area contributed by atoms with Gasteiger partial charge in [0.25, 0.3) is 6.01 Å². The van der Waals surface area contributed by atoms with E-state index >= 15 is 0 Å². The first-order valence-corrected chi connectivity index (χ1v) is 6.20. The number of benzene rings is 1. The molecule has 1 aromatic heterocycles. The summed E-state index contributed by atoms with van der Waals surface area (Å²) < 4.78 is 5.58. The quantitative estimate of drug-likeness (QED) is 0.911. The van der Waals surface area contributed by atoms with Crippen molar-refractivity contribution in [2.24, 2.45) is 5.92 Å². The van der Waals surface area contributed by atoms with Crippen molar-refractivity contribution in [1.29, 1.82) is 0 Å². The second kappa shape index (κ2) is 5.78. The van der Waals surface area contributed by atoms with E-state index in [0.29, 0.717) is 17.0 Å². The lowest BCUT2D eigenvalue weighted by molar-refractivity contribution is 0.574. The van der Waals surface area contributed by atoms with Gasteiger partial charge >= 0.3 is 0 Å². The van der Waals surface area contributed by atoms with E-state index in [4.69, 9.17) is 16.0 Å². The maximum Gasteiger partial charge on any atom is 0.295 e. The second-order valence-corrected chi connectivity index (χ2v) is 4.81. The minimum Gasteiger partial charge on any atom is -0.424 e. The van der Waals surface area contributed by atoms with Gasteiger partial charge in [0, 0.05) is 17.6 Å². The zero-order chi connectivity index (χ0) is 11.7. The van der Waals surface area contributed by atoms with Crippen molar-refractivity contribution in [2.45, 2.75) is 6.42 Å². The Hall–Kier alpha value is -0.970. The summed E-state index contributed by atoms with van der Waals surface area (Å²) in [5, 5.41) is 7.24. The van der Waals surface area contributed by atoms with Gasteiger partial charge in [0.15, 0.2) is 5.58 Å². The summed E-state index contributed by atoms with van der Waals surface area (Å²) in [4.78, 5) is 4.36. The monoisotopic (exact) mass is 287 g/mol. The molecule has 4 nitrogen and oxygen atoms in total. The van der Waals surface area contributed by atoms with Gasteiger partial charge in [-0.05, 0) is 37.6 Å². The van der Waals surface area contributed by atoms with E-state index < -0.39 is 0 Å². The summed E-state index contributed by atoms with van der Waals surface area (Å²) in [5.41, 5.74) is 1.56. The third-order valence-corrected chi connectivity index (χ3v) is 3.29. The van der Waals surface area contributed by atoms with E-state index in [0.717, 1.165) is 30.7 Å². The minimum atomic E-state index is 0. The van der Waals surface area contributed by atoms with E-state index in [9.17, 15) is 0 Å².